The van der Waals surface area contributed by atoms with Crippen molar-refractivity contribution in [3.05, 3.63) is 58.1 Å². The van der Waals surface area contributed by atoms with E-state index >= 15 is 0 Å². The first kappa shape index (κ1) is 20.1. The number of pyridine rings is 2. The van der Waals surface area contributed by atoms with Crippen molar-refractivity contribution in [3.8, 4) is 11.3 Å². The molecule has 7 heteroatoms. The van der Waals surface area contributed by atoms with Crippen molar-refractivity contribution in [2.75, 3.05) is 17.2 Å². The Hall–Kier alpha value is -2.18. The zero-order chi connectivity index (χ0) is 20.5. The molecule has 0 spiro atoms. The molecular formula is C22H24ClN5S. The first-order valence-corrected chi connectivity index (χ1v) is 11.1. The van der Waals surface area contributed by atoms with Gasteiger partial charge in [-0.2, -0.15) is 0 Å². The lowest BCUT2D eigenvalue weighted by atomic mass is 9.97. The molecule has 4 heterocycles. The van der Waals surface area contributed by atoms with E-state index in [0.29, 0.717) is 10.9 Å². The van der Waals surface area contributed by atoms with Gasteiger partial charge in [0.2, 0.25) is 0 Å². The van der Waals surface area contributed by atoms with E-state index in [1.807, 2.05) is 25.4 Å². The van der Waals surface area contributed by atoms with Crippen molar-refractivity contribution in [1.82, 2.24) is 19.9 Å². The van der Waals surface area contributed by atoms with E-state index in [1.54, 1.807) is 18.0 Å². The van der Waals surface area contributed by atoms with Crippen LogP contribution >= 0.6 is 23.4 Å². The summed E-state index contributed by atoms with van der Waals surface area (Å²) in [6, 6.07) is 4.17. The minimum absolute atomic E-state index is 0.304. The molecule has 150 valence electrons. The molecule has 1 atom stereocenters. The molecule has 4 rings (SSSR count). The molecule has 0 saturated heterocycles. The van der Waals surface area contributed by atoms with Gasteiger partial charge in [-0.1, -0.05) is 43.3 Å². The van der Waals surface area contributed by atoms with Crippen molar-refractivity contribution in [1.29, 1.82) is 0 Å². The summed E-state index contributed by atoms with van der Waals surface area (Å²) in [5.74, 6) is 2.18. The highest BCUT2D eigenvalue weighted by molar-refractivity contribution is 7.99. The van der Waals surface area contributed by atoms with Gasteiger partial charge in [0.25, 0.3) is 0 Å². The molecule has 3 aromatic rings. The molecule has 3 aromatic heterocycles. The van der Waals surface area contributed by atoms with Crippen molar-refractivity contribution >= 4 is 29.2 Å². The molecule has 0 aromatic carbocycles. The number of hydrogen-bond acceptors (Lipinski definition) is 6. The van der Waals surface area contributed by atoms with E-state index in [4.69, 9.17) is 16.6 Å². The minimum Gasteiger partial charge on any atom is -0.351 e. The van der Waals surface area contributed by atoms with Crippen LogP contribution in [0, 0.1) is 13.8 Å². The van der Waals surface area contributed by atoms with Crippen LogP contribution in [0.25, 0.3) is 11.3 Å². The summed E-state index contributed by atoms with van der Waals surface area (Å²) in [5.41, 5.74) is 6.37. The summed E-state index contributed by atoms with van der Waals surface area (Å²) in [6.07, 6.45) is 5.57. The summed E-state index contributed by atoms with van der Waals surface area (Å²) in [5, 5.41) is 1.47. The lowest BCUT2D eigenvalue weighted by Gasteiger charge is -2.33. The summed E-state index contributed by atoms with van der Waals surface area (Å²) >= 11 is 8.18. The number of aromatic nitrogens is 4. The lowest BCUT2D eigenvalue weighted by Crippen LogP contribution is -2.34. The lowest BCUT2D eigenvalue weighted by molar-refractivity contribution is 0.600. The number of fused-ring (bicyclic) bond motifs is 1. The van der Waals surface area contributed by atoms with Crippen LogP contribution in [-0.2, 0) is 6.54 Å². The molecule has 0 saturated carbocycles. The van der Waals surface area contributed by atoms with E-state index in [1.165, 1.54) is 0 Å². The van der Waals surface area contributed by atoms with Gasteiger partial charge >= 0.3 is 0 Å². The van der Waals surface area contributed by atoms with E-state index < -0.39 is 0 Å². The van der Waals surface area contributed by atoms with Crippen LogP contribution in [0.1, 0.15) is 42.1 Å². The molecule has 0 N–H and O–H groups in total. The van der Waals surface area contributed by atoms with Crippen molar-refractivity contribution in [2.45, 2.75) is 45.3 Å². The quantitative estimate of drug-likeness (QED) is 0.409. The second kappa shape index (κ2) is 8.28. The maximum atomic E-state index is 6.49. The molecule has 0 amide bonds. The van der Waals surface area contributed by atoms with Crippen LogP contribution < -0.4 is 4.90 Å². The van der Waals surface area contributed by atoms with Gasteiger partial charge in [-0.15, -0.1) is 0 Å². The van der Waals surface area contributed by atoms with Gasteiger partial charge < -0.3 is 4.90 Å². The molecule has 5 nitrogen and oxygen atoms in total. The smallest absolute Gasteiger partial charge is 0.187 e. The summed E-state index contributed by atoms with van der Waals surface area (Å²) in [4.78, 5) is 20.8. The maximum absolute atomic E-state index is 6.49. The molecule has 0 aliphatic carbocycles. The molecule has 29 heavy (non-hydrogen) atoms. The second-order valence-electron chi connectivity index (χ2n) is 7.48. The van der Waals surface area contributed by atoms with Gasteiger partial charge in [-0.25, -0.2) is 15.0 Å². The number of nitrogens with zero attached hydrogens (tertiary/aromatic N) is 5. The molecule has 1 unspecified atom stereocenters. The molecule has 0 bridgehead atoms. The minimum atomic E-state index is 0.304. The largest absolute Gasteiger partial charge is 0.351 e. The molecule has 1 aliphatic heterocycles. The second-order valence-corrected chi connectivity index (χ2v) is 9.12. The highest BCUT2D eigenvalue weighted by Gasteiger charge is 2.26. The van der Waals surface area contributed by atoms with Crippen molar-refractivity contribution in [3.63, 3.8) is 0 Å². The third kappa shape index (κ3) is 4.09. The van der Waals surface area contributed by atoms with Crippen LogP contribution in [0.2, 0.25) is 5.02 Å². The highest BCUT2D eigenvalue weighted by Crippen LogP contribution is 2.34. The van der Waals surface area contributed by atoms with Gasteiger partial charge in [0.05, 0.1) is 16.4 Å². The van der Waals surface area contributed by atoms with E-state index in [0.717, 1.165) is 63.5 Å². The Labute approximate surface area is 181 Å². The van der Waals surface area contributed by atoms with Crippen LogP contribution in [0.4, 0.5) is 5.82 Å². The van der Waals surface area contributed by atoms with E-state index in [9.17, 15) is 0 Å². The number of rotatable bonds is 4. The summed E-state index contributed by atoms with van der Waals surface area (Å²) in [7, 11) is 0. The van der Waals surface area contributed by atoms with Crippen LogP contribution in [0.3, 0.4) is 0 Å². The van der Waals surface area contributed by atoms with Crippen LogP contribution in [0.5, 0.6) is 0 Å². The Morgan fingerprint density at radius 1 is 1.14 bits per heavy atom. The maximum Gasteiger partial charge on any atom is 0.187 e. The van der Waals surface area contributed by atoms with Crippen molar-refractivity contribution < 1.29 is 0 Å². The third-order valence-corrected chi connectivity index (χ3v) is 6.15. The summed E-state index contributed by atoms with van der Waals surface area (Å²) in [6.45, 7) is 10.0. The first-order chi connectivity index (χ1) is 14.0. The Balaban J connectivity index is 1.67. The number of aryl methyl sites for hydroxylation is 2. The fraction of sp³-hybridized carbons (Fsp3) is 0.364. The van der Waals surface area contributed by atoms with E-state index in [-0.39, 0.29) is 0 Å². The Bertz CT molecular complexity index is 1060. The normalized spacial score (nSPS) is 16.0. The van der Waals surface area contributed by atoms with Gasteiger partial charge in [-0.05, 0) is 36.8 Å². The van der Waals surface area contributed by atoms with E-state index in [2.05, 4.69) is 46.7 Å². The highest BCUT2D eigenvalue weighted by atomic mass is 35.5. The zero-order valence-corrected chi connectivity index (χ0v) is 18.7. The Morgan fingerprint density at radius 2 is 1.97 bits per heavy atom. The zero-order valence-electron chi connectivity index (χ0n) is 17.1. The fourth-order valence-electron chi connectivity index (χ4n) is 3.79. The predicted molar refractivity (Wildman–Crippen MR) is 120 cm³/mol. The third-order valence-electron chi connectivity index (χ3n) is 5.11. The average Bonchev–Trinajstić information content (AvgIpc) is 2.69. The molecule has 0 fully saturated rings. The molecule has 1 aliphatic rings. The SMILES string of the molecule is CCSc1ncc2c(n1)C(C)CN(c1cc(-c3ncc(C)cc3C)c(Cl)cn1)C2. The summed E-state index contributed by atoms with van der Waals surface area (Å²) < 4.78 is 0. The van der Waals surface area contributed by atoms with Crippen LogP contribution in [0.15, 0.2) is 35.9 Å². The average molecular weight is 426 g/mol. The Kier molecular flexibility index (Phi) is 5.74. The van der Waals surface area contributed by atoms with Gasteiger partial charge in [0.1, 0.15) is 5.82 Å². The number of anilines is 1. The van der Waals surface area contributed by atoms with Crippen LogP contribution in [-0.4, -0.2) is 32.2 Å². The number of hydrogen-bond donors (Lipinski definition) is 0. The standard InChI is InChI=1S/C22H24ClN5S/c1-5-29-22-26-9-16-12-28(11-15(4)20(16)27-22)19-7-17(18(23)10-24-19)21-14(3)6-13(2)8-25-21/h6-10,15H,5,11-12H2,1-4H3. The molecule has 0 radical (unpaired) electrons. The Morgan fingerprint density at radius 3 is 2.72 bits per heavy atom. The molecular weight excluding hydrogens is 402 g/mol. The van der Waals surface area contributed by atoms with Crippen molar-refractivity contribution in [2.24, 2.45) is 0 Å². The first-order valence-electron chi connectivity index (χ1n) is 9.79. The predicted octanol–water partition coefficient (Wildman–Crippen LogP) is 5.44. The van der Waals surface area contributed by atoms with Gasteiger partial charge in [0.15, 0.2) is 5.16 Å². The monoisotopic (exact) mass is 425 g/mol. The number of thioether (sulfide) groups is 1. The fourth-order valence-corrected chi connectivity index (χ4v) is 4.53. The topological polar surface area (TPSA) is 54.8 Å². The van der Waals surface area contributed by atoms with Gasteiger partial charge in [-0.3, -0.25) is 4.98 Å². The van der Waals surface area contributed by atoms with Gasteiger partial charge in [0, 0.05) is 48.7 Å². The number of halogens is 1.